The van der Waals surface area contributed by atoms with Crippen molar-refractivity contribution in [3.63, 3.8) is 0 Å². The Balaban J connectivity index is 1.95. The van der Waals surface area contributed by atoms with E-state index in [0.717, 1.165) is 25.9 Å². The van der Waals surface area contributed by atoms with E-state index < -0.39 is 5.60 Å². The second kappa shape index (κ2) is 2.86. The number of allylic oxidation sites excluding steroid dienone is 1. The number of hydrogen-bond donors (Lipinski definition) is 1. The monoisotopic (exact) mass is 168 g/mol. The van der Waals surface area contributed by atoms with Crippen LogP contribution in [-0.4, -0.2) is 23.4 Å². The van der Waals surface area contributed by atoms with Crippen molar-refractivity contribution >= 4 is 0 Å². The molecule has 0 bridgehead atoms. The van der Waals surface area contributed by atoms with E-state index in [-0.39, 0.29) is 0 Å². The van der Waals surface area contributed by atoms with Gasteiger partial charge in [-0.3, -0.25) is 0 Å². The predicted octanol–water partition coefficient (Wildman–Crippen LogP) is 1.49. The van der Waals surface area contributed by atoms with Crippen LogP contribution < -0.4 is 0 Å². The van der Waals surface area contributed by atoms with Gasteiger partial charge in [0.25, 0.3) is 0 Å². The molecule has 2 nitrogen and oxygen atoms in total. The number of hydrogen-bond acceptors (Lipinski definition) is 2. The molecule has 1 heterocycles. The Bertz CT molecular complexity index is 196. The summed E-state index contributed by atoms with van der Waals surface area (Å²) < 4.78 is 5.11. The summed E-state index contributed by atoms with van der Waals surface area (Å²) in [6.07, 6.45) is 7.18. The van der Waals surface area contributed by atoms with Gasteiger partial charge in [0.15, 0.2) is 0 Å². The first-order valence-corrected chi connectivity index (χ1v) is 4.71. The molecule has 3 unspecified atom stereocenters. The van der Waals surface area contributed by atoms with Crippen molar-refractivity contribution in [1.29, 1.82) is 0 Å². The molecular formula is C10H16O2. The van der Waals surface area contributed by atoms with Crippen molar-refractivity contribution < 1.29 is 9.84 Å². The van der Waals surface area contributed by atoms with Gasteiger partial charge >= 0.3 is 0 Å². The predicted molar refractivity (Wildman–Crippen MR) is 46.8 cm³/mol. The molecule has 3 atom stereocenters. The second-order valence-electron chi connectivity index (χ2n) is 4.14. The van der Waals surface area contributed by atoms with Crippen LogP contribution in [0.5, 0.6) is 0 Å². The first kappa shape index (κ1) is 8.27. The van der Waals surface area contributed by atoms with Gasteiger partial charge in [0, 0.05) is 6.42 Å². The molecule has 1 aliphatic carbocycles. The lowest BCUT2D eigenvalue weighted by Crippen LogP contribution is -2.31. The van der Waals surface area contributed by atoms with Crippen LogP contribution >= 0.6 is 0 Å². The maximum atomic E-state index is 10.0. The quantitative estimate of drug-likeness (QED) is 0.500. The zero-order chi connectivity index (χ0) is 8.60. The summed E-state index contributed by atoms with van der Waals surface area (Å²) in [5.74, 6) is 0.630. The maximum Gasteiger partial charge on any atom is 0.0853 e. The summed E-state index contributed by atoms with van der Waals surface area (Å²) in [5, 5.41) is 10.0. The van der Waals surface area contributed by atoms with Gasteiger partial charge in [0.05, 0.1) is 18.3 Å². The fraction of sp³-hybridized carbons (Fsp3) is 0.800. The van der Waals surface area contributed by atoms with Gasteiger partial charge in [-0.2, -0.15) is 0 Å². The molecule has 1 aliphatic heterocycles. The third kappa shape index (κ3) is 1.87. The Labute approximate surface area is 73.2 Å². The normalized spacial score (nSPS) is 46.2. The lowest BCUT2D eigenvalue weighted by atomic mass is 9.83. The maximum absolute atomic E-state index is 10.0. The second-order valence-corrected chi connectivity index (χ2v) is 4.14. The molecule has 2 heteroatoms. The third-order valence-corrected chi connectivity index (χ3v) is 2.75. The summed E-state index contributed by atoms with van der Waals surface area (Å²) >= 11 is 0. The van der Waals surface area contributed by atoms with Crippen molar-refractivity contribution in [2.24, 2.45) is 5.92 Å². The molecule has 12 heavy (non-hydrogen) atoms. The zero-order valence-corrected chi connectivity index (χ0v) is 7.49. The van der Waals surface area contributed by atoms with Gasteiger partial charge in [0.1, 0.15) is 0 Å². The Morgan fingerprint density at radius 2 is 2.42 bits per heavy atom. The molecule has 0 aromatic heterocycles. The fourth-order valence-corrected chi connectivity index (χ4v) is 1.75. The molecule has 2 aliphatic rings. The highest BCUT2D eigenvalue weighted by Gasteiger charge is 2.35. The van der Waals surface area contributed by atoms with Crippen molar-refractivity contribution in [1.82, 2.24) is 0 Å². The van der Waals surface area contributed by atoms with Crippen molar-refractivity contribution in [2.75, 3.05) is 6.61 Å². The third-order valence-electron chi connectivity index (χ3n) is 2.75. The zero-order valence-electron chi connectivity index (χ0n) is 7.49. The highest BCUT2D eigenvalue weighted by atomic mass is 16.6. The van der Waals surface area contributed by atoms with E-state index in [0.29, 0.717) is 12.0 Å². The summed E-state index contributed by atoms with van der Waals surface area (Å²) in [7, 11) is 0. The van der Waals surface area contributed by atoms with Crippen LogP contribution in [0, 0.1) is 5.92 Å². The van der Waals surface area contributed by atoms with E-state index in [1.807, 2.05) is 6.08 Å². The number of aliphatic hydroxyl groups is 1. The van der Waals surface area contributed by atoms with Crippen molar-refractivity contribution in [2.45, 2.75) is 37.9 Å². The van der Waals surface area contributed by atoms with Crippen LogP contribution in [0.25, 0.3) is 0 Å². The first-order valence-electron chi connectivity index (χ1n) is 4.71. The SMILES string of the molecule is CC1C=CC(O)(CC2CO2)CC1. The van der Waals surface area contributed by atoms with E-state index in [1.165, 1.54) is 0 Å². The van der Waals surface area contributed by atoms with Crippen LogP contribution in [0.1, 0.15) is 26.2 Å². The molecular weight excluding hydrogens is 152 g/mol. The summed E-state index contributed by atoms with van der Waals surface area (Å²) in [5.41, 5.74) is -0.562. The standard InChI is InChI=1S/C10H16O2/c1-8-2-4-10(11,5-3-8)6-9-7-12-9/h2,4,8-9,11H,3,5-7H2,1H3. The van der Waals surface area contributed by atoms with Gasteiger partial charge in [-0.15, -0.1) is 0 Å². The summed E-state index contributed by atoms with van der Waals surface area (Å²) in [4.78, 5) is 0. The van der Waals surface area contributed by atoms with Crippen LogP contribution in [0.3, 0.4) is 0 Å². The van der Waals surface area contributed by atoms with Gasteiger partial charge in [0.2, 0.25) is 0 Å². The van der Waals surface area contributed by atoms with Crippen LogP contribution in [0.4, 0.5) is 0 Å². The molecule has 0 saturated carbocycles. The summed E-state index contributed by atoms with van der Waals surface area (Å²) in [6.45, 7) is 3.02. The van der Waals surface area contributed by atoms with Crippen LogP contribution in [0.2, 0.25) is 0 Å². The van der Waals surface area contributed by atoms with Crippen LogP contribution in [-0.2, 0) is 4.74 Å². The van der Waals surface area contributed by atoms with E-state index in [2.05, 4.69) is 13.0 Å². The summed E-state index contributed by atoms with van der Waals surface area (Å²) in [6, 6.07) is 0. The minimum Gasteiger partial charge on any atom is -0.386 e. The minimum absolute atomic E-state index is 0.327. The largest absolute Gasteiger partial charge is 0.386 e. The van der Waals surface area contributed by atoms with Crippen LogP contribution in [0.15, 0.2) is 12.2 Å². The highest BCUT2D eigenvalue weighted by Crippen LogP contribution is 2.32. The minimum atomic E-state index is -0.562. The van der Waals surface area contributed by atoms with E-state index in [4.69, 9.17) is 4.74 Å². The number of ether oxygens (including phenoxy) is 1. The number of epoxide rings is 1. The highest BCUT2D eigenvalue weighted by molar-refractivity contribution is 5.08. The molecule has 1 N–H and O–H groups in total. The molecule has 0 aromatic carbocycles. The Hall–Kier alpha value is -0.340. The van der Waals surface area contributed by atoms with Gasteiger partial charge < -0.3 is 9.84 Å². The van der Waals surface area contributed by atoms with E-state index >= 15 is 0 Å². The topological polar surface area (TPSA) is 32.8 Å². The Kier molecular flexibility index (Phi) is 1.97. The molecule has 1 fully saturated rings. The Morgan fingerprint density at radius 3 is 2.92 bits per heavy atom. The van der Waals surface area contributed by atoms with E-state index in [9.17, 15) is 5.11 Å². The average Bonchev–Trinajstić information content (AvgIpc) is 2.80. The van der Waals surface area contributed by atoms with Crippen molar-refractivity contribution in [3.05, 3.63) is 12.2 Å². The smallest absolute Gasteiger partial charge is 0.0853 e. The number of rotatable bonds is 2. The van der Waals surface area contributed by atoms with Crippen molar-refractivity contribution in [3.8, 4) is 0 Å². The molecule has 0 amide bonds. The molecule has 2 rings (SSSR count). The molecule has 68 valence electrons. The lowest BCUT2D eigenvalue weighted by molar-refractivity contribution is 0.0529. The van der Waals surface area contributed by atoms with Gasteiger partial charge in [-0.1, -0.05) is 19.1 Å². The van der Waals surface area contributed by atoms with E-state index in [1.54, 1.807) is 0 Å². The molecule has 0 spiro atoms. The molecule has 0 aromatic rings. The lowest BCUT2D eigenvalue weighted by Gasteiger charge is -2.29. The molecule has 0 radical (unpaired) electrons. The van der Waals surface area contributed by atoms with Gasteiger partial charge in [-0.05, 0) is 18.8 Å². The van der Waals surface area contributed by atoms with Gasteiger partial charge in [-0.25, -0.2) is 0 Å². The molecule has 1 saturated heterocycles. The Morgan fingerprint density at radius 1 is 1.67 bits per heavy atom. The average molecular weight is 168 g/mol. The fourth-order valence-electron chi connectivity index (χ4n) is 1.75. The first-order chi connectivity index (χ1) is 5.68.